The smallest absolute Gasteiger partial charge is 0.337 e. The molecule has 0 spiro atoms. The molecule has 12 heavy (non-hydrogen) atoms. The van der Waals surface area contributed by atoms with Gasteiger partial charge in [0.2, 0.25) is 0 Å². The fourth-order valence-electron chi connectivity index (χ4n) is 0.825. The Hall–Kier alpha value is -0.803. The highest BCUT2D eigenvalue weighted by molar-refractivity contribution is 6.36. The van der Waals surface area contributed by atoms with Gasteiger partial charge < -0.3 is 4.74 Å². The molecule has 0 saturated carbocycles. The highest BCUT2D eigenvalue weighted by Gasteiger charge is 2.05. The first-order valence-corrected chi connectivity index (χ1v) is 4.12. The van der Waals surface area contributed by atoms with E-state index >= 15 is 0 Å². The molecule has 1 aromatic carbocycles. The van der Waals surface area contributed by atoms with E-state index in [1.165, 1.54) is 7.11 Å². The van der Waals surface area contributed by atoms with Gasteiger partial charge >= 0.3 is 5.97 Å². The minimum absolute atomic E-state index is 0.392. The molecule has 0 atom stereocenters. The topological polar surface area (TPSA) is 26.3 Å². The van der Waals surface area contributed by atoms with E-state index in [2.05, 4.69) is 15.0 Å². The van der Waals surface area contributed by atoms with Crippen molar-refractivity contribution in [3.63, 3.8) is 0 Å². The van der Waals surface area contributed by atoms with Crippen LogP contribution in [0.3, 0.4) is 0 Å². The third kappa shape index (κ3) is 2.09. The van der Waals surface area contributed by atoms with E-state index in [0.29, 0.717) is 10.6 Å². The summed E-state index contributed by atoms with van der Waals surface area (Å²) in [6.45, 7) is 0. The molecule has 61 valence electrons. The van der Waals surface area contributed by atoms with Crippen LogP contribution in [0.15, 0.2) is 18.2 Å². The lowest BCUT2D eigenvalue weighted by Crippen LogP contribution is -2.08. The van der Waals surface area contributed by atoms with Gasteiger partial charge in [0.15, 0.2) is 0 Å². The molecule has 4 heteroatoms. The maximum absolute atomic E-state index is 11.0. The van der Waals surface area contributed by atoms with E-state index < -0.39 is 5.97 Å². The number of esters is 1. The molecule has 3 radical (unpaired) electrons. The van der Waals surface area contributed by atoms with Crippen LogP contribution in [-0.2, 0) is 4.74 Å². The van der Waals surface area contributed by atoms with Crippen molar-refractivity contribution >= 4 is 33.0 Å². The fraction of sp³-hybridized carbons (Fsp3) is 0.125. The Bertz CT molecular complexity index is 292. The van der Waals surface area contributed by atoms with E-state index in [9.17, 15) is 4.79 Å². The van der Waals surface area contributed by atoms with Gasteiger partial charge in [-0.05, 0) is 18.2 Å². The standard InChI is InChI=1S/C8H6ClO2Si/c1-11-8(10)5-2-6(9)4-7(12)3-5/h2-4H,1H3. The van der Waals surface area contributed by atoms with E-state index in [-0.39, 0.29) is 0 Å². The van der Waals surface area contributed by atoms with E-state index in [4.69, 9.17) is 11.6 Å². The van der Waals surface area contributed by atoms with Crippen LogP contribution in [0.4, 0.5) is 0 Å². The lowest BCUT2D eigenvalue weighted by atomic mass is 10.2. The van der Waals surface area contributed by atoms with Gasteiger partial charge in [-0.25, -0.2) is 4.79 Å². The van der Waals surface area contributed by atoms with Crippen LogP contribution in [0.5, 0.6) is 0 Å². The van der Waals surface area contributed by atoms with Crippen LogP contribution in [0, 0.1) is 0 Å². The molecule has 0 N–H and O–H groups in total. The van der Waals surface area contributed by atoms with Gasteiger partial charge in [0.1, 0.15) is 0 Å². The molecular weight excluding hydrogens is 192 g/mol. The Morgan fingerprint density at radius 3 is 2.67 bits per heavy atom. The minimum atomic E-state index is -0.392. The van der Waals surface area contributed by atoms with Gasteiger partial charge in [-0.2, -0.15) is 0 Å². The molecule has 0 aliphatic rings. The summed E-state index contributed by atoms with van der Waals surface area (Å²) in [6, 6.07) is 4.90. The van der Waals surface area contributed by atoms with Crippen molar-refractivity contribution in [3.05, 3.63) is 28.8 Å². The minimum Gasteiger partial charge on any atom is -0.465 e. The monoisotopic (exact) mass is 197 g/mol. The zero-order valence-corrected chi connectivity index (χ0v) is 8.18. The number of hydrogen-bond donors (Lipinski definition) is 0. The Morgan fingerprint density at radius 1 is 1.50 bits per heavy atom. The van der Waals surface area contributed by atoms with Gasteiger partial charge in [-0.1, -0.05) is 16.8 Å². The SMILES string of the molecule is COC(=O)c1cc([Si])cc(Cl)c1. The van der Waals surface area contributed by atoms with Gasteiger partial charge in [-0.15, -0.1) is 0 Å². The van der Waals surface area contributed by atoms with Crippen LogP contribution in [0.25, 0.3) is 0 Å². The summed E-state index contributed by atoms with van der Waals surface area (Å²) in [7, 11) is 4.60. The van der Waals surface area contributed by atoms with Crippen LogP contribution in [0.2, 0.25) is 5.02 Å². The molecule has 0 aliphatic carbocycles. The molecular formula is C8H6ClO2Si. The highest BCUT2D eigenvalue weighted by Crippen LogP contribution is 2.09. The highest BCUT2D eigenvalue weighted by atomic mass is 35.5. The normalized spacial score (nSPS) is 9.58. The first-order chi connectivity index (χ1) is 5.63. The molecule has 0 aliphatic heterocycles. The summed E-state index contributed by atoms with van der Waals surface area (Å²) in [5.41, 5.74) is 0.440. The van der Waals surface area contributed by atoms with E-state index in [0.717, 1.165) is 5.19 Å². The lowest BCUT2D eigenvalue weighted by molar-refractivity contribution is 0.0601. The van der Waals surface area contributed by atoms with Crippen molar-refractivity contribution in [2.45, 2.75) is 0 Å². The molecule has 0 heterocycles. The zero-order valence-electron chi connectivity index (χ0n) is 6.43. The molecule has 0 aromatic heterocycles. The first-order valence-electron chi connectivity index (χ1n) is 3.24. The molecule has 0 unspecified atom stereocenters. The number of ether oxygens (including phenoxy) is 1. The Balaban J connectivity index is 3.08. The second-order valence-electron chi connectivity index (χ2n) is 2.22. The van der Waals surface area contributed by atoms with Gasteiger partial charge in [0.25, 0.3) is 0 Å². The summed E-state index contributed by atoms with van der Waals surface area (Å²) >= 11 is 5.71. The maximum atomic E-state index is 11.0. The van der Waals surface area contributed by atoms with Crippen molar-refractivity contribution in [2.75, 3.05) is 7.11 Å². The summed E-state index contributed by atoms with van der Waals surface area (Å²) in [6.07, 6.45) is 0. The van der Waals surface area contributed by atoms with E-state index in [1.807, 2.05) is 0 Å². The van der Waals surface area contributed by atoms with Crippen molar-refractivity contribution in [2.24, 2.45) is 0 Å². The first kappa shape index (κ1) is 9.29. The van der Waals surface area contributed by atoms with Crippen molar-refractivity contribution < 1.29 is 9.53 Å². The summed E-state index contributed by atoms with van der Waals surface area (Å²) in [5.74, 6) is -0.392. The predicted octanol–water partition coefficient (Wildman–Crippen LogP) is 0.920. The van der Waals surface area contributed by atoms with Gasteiger partial charge in [0.05, 0.1) is 22.9 Å². The molecule has 0 saturated heterocycles. The van der Waals surface area contributed by atoms with Crippen LogP contribution >= 0.6 is 11.6 Å². The quantitative estimate of drug-likeness (QED) is 0.495. The number of methoxy groups -OCH3 is 1. The molecule has 1 rings (SSSR count). The fourth-order valence-corrected chi connectivity index (χ4v) is 1.46. The molecule has 0 bridgehead atoms. The third-order valence-corrected chi connectivity index (χ3v) is 1.83. The predicted molar refractivity (Wildman–Crippen MR) is 48.2 cm³/mol. The average molecular weight is 198 g/mol. The van der Waals surface area contributed by atoms with Crippen LogP contribution in [0.1, 0.15) is 10.4 Å². The summed E-state index contributed by atoms with van der Waals surface area (Å²) < 4.78 is 4.53. The van der Waals surface area contributed by atoms with Gasteiger partial charge in [-0.3, -0.25) is 0 Å². The van der Waals surface area contributed by atoms with Crippen LogP contribution < -0.4 is 5.19 Å². The Labute approximate surface area is 78.9 Å². The molecule has 1 aromatic rings. The number of halogens is 1. The summed E-state index contributed by atoms with van der Waals surface area (Å²) in [5, 5.41) is 1.26. The zero-order chi connectivity index (χ0) is 9.14. The van der Waals surface area contributed by atoms with Gasteiger partial charge in [0, 0.05) is 5.02 Å². The largest absolute Gasteiger partial charge is 0.465 e. The van der Waals surface area contributed by atoms with Crippen LogP contribution in [-0.4, -0.2) is 23.3 Å². The average Bonchev–Trinajstić information content (AvgIpc) is 2.01. The number of rotatable bonds is 1. The Kier molecular flexibility index (Phi) is 2.89. The molecule has 0 amide bonds. The number of carbonyl (C=O) groups excluding carboxylic acids is 1. The van der Waals surface area contributed by atoms with Crippen molar-refractivity contribution in [1.82, 2.24) is 0 Å². The van der Waals surface area contributed by atoms with E-state index in [1.54, 1.807) is 18.2 Å². The van der Waals surface area contributed by atoms with Crippen molar-refractivity contribution in [1.29, 1.82) is 0 Å². The second kappa shape index (κ2) is 3.73. The molecule has 0 fully saturated rings. The summed E-state index contributed by atoms with van der Waals surface area (Å²) in [4.78, 5) is 11.0. The second-order valence-corrected chi connectivity index (χ2v) is 3.23. The number of hydrogen-bond acceptors (Lipinski definition) is 2. The molecule has 2 nitrogen and oxygen atoms in total. The van der Waals surface area contributed by atoms with Crippen molar-refractivity contribution in [3.8, 4) is 0 Å². The lowest BCUT2D eigenvalue weighted by Gasteiger charge is -2.00. The number of carbonyl (C=O) groups is 1. The Morgan fingerprint density at radius 2 is 2.17 bits per heavy atom. The third-order valence-electron chi connectivity index (χ3n) is 1.32. The number of benzene rings is 1. The maximum Gasteiger partial charge on any atom is 0.337 e.